The fourth-order valence-corrected chi connectivity index (χ4v) is 2.16. The Morgan fingerprint density at radius 1 is 1.11 bits per heavy atom. The van der Waals surface area contributed by atoms with Crippen LogP contribution in [0.5, 0.6) is 0 Å². The van der Waals surface area contributed by atoms with Crippen molar-refractivity contribution in [2.24, 2.45) is 0 Å². The summed E-state index contributed by atoms with van der Waals surface area (Å²) in [6.07, 6.45) is 0. The molecule has 1 atom stereocenters. The summed E-state index contributed by atoms with van der Waals surface area (Å²) < 4.78 is 26.9. The van der Waals surface area contributed by atoms with E-state index in [0.29, 0.717) is 17.1 Å². The van der Waals surface area contributed by atoms with Crippen molar-refractivity contribution < 1.29 is 8.78 Å². The van der Waals surface area contributed by atoms with E-state index in [1.54, 1.807) is 24.3 Å². The smallest absolute Gasteiger partial charge is 0.129 e. The molecule has 4 heteroatoms. The lowest BCUT2D eigenvalue weighted by Crippen LogP contribution is -2.23. The highest BCUT2D eigenvalue weighted by Crippen LogP contribution is 2.26. The van der Waals surface area contributed by atoms with Crippen molar-refractivity contribution in [3.8, 4) is 0 Å². The molecule has 1 N–H and O–H groups in total. The summed E-state index contributed by atoms with van der Waals surface area (Å²) >= 11 is 5.76. The first-order chi connectivity index (χ1) is 9.11. The van der Waals surface area contributed by atoms with E-state index < -0.39 is 0 Å². The van der Waals surface area contributed by atoms with Crippen LogP contribution in [0.2, 0.25) is 5.02 Å². The van der Waals surface area contributed by atoms with E-state index in [4.69, 9.17) is 11.6 Å². The molecule has 0 saturated carbocycles. The third-order valence-corrected chi connectivity index (χ3v) is 3.12. The summed E-state index contributed by atoms with van der Waals surface area (Å²) in [7, 11) is 0. The van der Waals surface area contributed by atoms with Gasteiger partial charge in [0.1, 0.15) is 11.6 Å². The van der Waals surface area contributed by atoms with E-state index in [0.717, 1.165) is 5.56 Å². The Bertz CT molecular complexity index is 555. The van der Waals surface area contributed by atoms with Crippen LogP contribution in [0.3, 0.4) is 0 Å². The molecule has 0 aromatic heterocycles. The average molecular weight is 282 g/mol. The van der Waals surface area contributed by atoms with Crippen LogP contribution in [-0.4, -0.2) is 6.54 Å². The predicted molar refractivity (Wildman–Crippen MR) is 73.3 cm³/mol. The monoisotopic (exact) mass is 281 g/mol. The van der Waals surface area contributed by atoms with E-state index in [9.17, 15) is 8.78 Å². The summed E-state index contributed by atoms with van der Waals surface area (Å²) in [6.45, 7) is 2.61. The van der Waals surface area contributed by atoms with Crippen LogP contribution in [0.4, 0.5) is 8.78 Å². The zero-order valence-electron chi connectivity index (χ0n) is 10.5. The molecule has 100 valence electrons. The van der Waals surface area contributed by atoms with Gasteiger partial charge in [0, 0.05) is 10.6 Å². The maximum atomic E-state index is 14.0. The Hall–Kier alpha value is -1.45. The molecule has 2 rings (SSSR count). The molecular weight excluding hydrogens is 268 g/mol. The molecule has 0 amide bonds. The molecule has 0 heterocycles. The SMILES string of the molecule is CCNC(c1ccc(F)cc1)c1ccc(Cl)cc1F. The molecule has 1 unspecified atom stereocenters. The highest BCUT2D eigenvalue weighted by Gasteiger charge is 2.17. The summed E-state index contributed by atoms with van der Waals surface area (Å²) in [5, 5.41) is 3.55. The summed E-state index contributed by atoms with van der Waals surface area (Å²) in [6, 6.07) is 10.3. The second-order valence-corrected chi connectivity index (χ2v) is 4.64. The number of rotatable bonds is 4. The number of benzene rings is 2. The van der Waals surface area contributed by atoms with Crippen molar-refractivity contribution in [2.45, 2.75) is 13.0 Å². The Kier molecular flexibility index (Phi) is 4.51. The van der Waals surface area contributed by atoms with Crippen molar-refractivity contribution in [1.82, 2.24) is 5.32 Å². The number of hydrogen-bond acceptors (Lipinski definition) is 1. The Balaban J connectivity index is 2.41. The van der Waals surface area contributed by atoms with Crippen molar-refractivity contribution >= 4 is 11.6 Å². The molecule has 0 aliphatic heterocycles. The van der Waals surface area contributed by atoms with Crippen molar-refractivity contribution in [1.29, 1.82) is 0 Å². The fourth-order valence-electron chi connectivity index (χ4n) is 2.00. The van der Waals surface area contributed by atoms with Gasteiger partial charge in [0.05, 0.1) is 6.04 Å². The summed E-state index contributed by atoms with van der Waals surface area (Å²) in [5.41, 5.74) is 1.31. The van der Waals surface area contributed by atoms with E-state index in [2.05, 4.69) is 5.32 Å². The van der Waals surface area contributed by atoms with Gasteiger partial charge in [0.2, 0.25) is 0 Å². The third-order valence-electron chi connectivity index (χ3n) is 2.89. The van der Waals surface area contributed by atoms with Gasteiger partial charge in [-0.05, 0) is 36.4 Å². The largest absolute Gasteiger partial charge is 0.306 e. The Morgan fingerprint density at radius 2 is 1.79 bits per heavy atom. The first-order valence-electron chi connectivity index (χ1n) is 6.05. The van der Waals surface area contributed by atoms with E-state index in [1.165, 1.54) is 18.2 Å². The van der Waals surface area contributed by atoms with Gasteiger partial charge in [-0.15, -0.1) is 0 Å². The minimum atomic E-state index is -0.372. The standard InChI is InChI=1S/C15H14ClF2N/c1-2-19-15(10-3-6-12(17)7-4-10)13-8-5-11(16)9-14(13)18/h3-9,15,19H,2H2,1H3. The molecule has 2 aromatic carbocycles. The van der Waals surface area contributed by atoms with Crippen LogP contribution in [0.25, 0.3) is 0 Å². The molecular formula is C15H14ClF2N. The molecule has 0 radical (unpaired) electrons. The van der Waals surface area contributed by atoms with Crippen LogP contribution in [0.1, 0.15) is 24.1 Å². The van der Waals surface area contributed by atoms with Gasteiger partial charge in [0.15, 0.2) is 0 Å². The van der Waals surface area contributed by atoms with Crippen LogP contribution < -0.4 is 5.32 Å². The van der Waals surface area contributed by atoms with E-state index >= 15 is 0 Å². The molecule has 2 aromatic rings. The normalized spacial score (nSPS) is 12.4. The lowest BCUT2D eigenvalue weighted by Gasteiger charge is -2.19. The van der Waals surface area contributed by atoms with Crippen LogP contribution >= 0.6 is 11.6 Å². The summed E-state index contributed by atoms with van der Waals surface area (Å²) in [5.74, 6) is -0.682. The second kappa shape index (κ2) is 6.13. The molecule has 0 bridgehead atoms. The minimum absolute atomic E-state index is 0.310. The topological polar surface area (TPSA) is 12.0 Å². The van der Waals surface area contributed by atoms with Gasteiger partial charge < -0.3 is 5.32 Å². The Labute approximate surface area is 116 Å². The minimum Gasteiger partial charge on any atom is -0.306 e. The lowest BCUT2D eigenvalue weighted by molar-refractivity contribution is 0.558. The molecule has 0 spiro atoms. The van der Waals surface area contributed by atoms with Gasteiger partial charge in [0.25, 0.3) is 0 Å². The molecule has 0 fully saturated rings. The number of nitrogens with one attached hydrogen (secondary N) is 1. The number of hydrogen-bond donors (Lipinski definition) is 1. The second-order valence-electron chi connectivity index (χ2n) is 4.21. The van der Waals surface area contributed by atoms with Crippen LogP contribution in [-0.2, 0) is 0 Å². The molecule has 19 heavy (non-hydrogen) atoms. The van der Waals surface area contributed by atoms with Crippen molar-refractivity contribution in [2.75, 3.05) is 6.54 Å². The molecule has 0 aliphatic carbocycles. The van der Waals surface area contributed by atoms with Gasteiger partial charge >= 0.3 is 0 Å². The zero-order valence-corrected chi connectivity index (χ0v) is 11.2. The quantitative estimate of drug-likeness (QED) is 0.880. The molecule has 0 aliphatic rings. The predicted octanol–water partition coefficient (Wildman–Crippen LogP) is 4.32. The highest BCUT2D eigenvalue weighted by molar-refractivity contribution is 6.30. The van der Waals surface area contributed by atoms with Gasteiger partial charge in [-0.25, -0.2) is 8.78 Å². The summed E-state index contributed by atoms with van der Waals surface area (Å²) in [4.78, 5) is 0. The molecule has 0 saturated heterocycles. The van der Waals surface area contributed by atoms with Crippen LogP contribution in [0, 0.1) is 11.6 Å². The fraction of sp³-hybridized carbons (Fsp3) is 0.200. The van der Waals surface area contributed by atoms with E-state index in [1.807, 2.05) is 6.92 Å². The maximum Gasteiger partial charge on any atom is 0.129 e. The van der Waals surface area contributed by atoms with Gasteiger partial charge in [-0.3, -0.25) is 0 Å². The van der Waals surface area contributed by atoms with Crippen molar-refractivity contribution in [3.05, 3.63) is 70.2 Å². The van der Waals surface area contributed by atoms with Crippen molar-refractivity contribution in [3.63, 3.8) is 0 Å². The third kappa shape index (κ3) is 3.31. The van der Waals surface area contributed by atoms with Crippen LogP contribution in [0.15, 0.2) is 42.5 Å². The number of halogens is 3. The van der Waals surface area contributed by atoms with Gasteiger partial charge in [-0.1, -0.05) is 36.7 Å². The lowest BCUT2D eigenvalue weighted by atomic mass is 9.98. The maximum absolute atomic E-state index is 14.0. The highest BCUT2D eigenvalue weighted by atomic mass is 35.5. The zero-order chi connectivity index (χ0) is 13.8. The average Bonchev–Trinajstić information content (AvgIpc) is 2.38. The van der Waals surface area contributed by atoms with E-state index in [-0.39, 0.29) is 17.7 Å². The van der Waals surface area contributed by atoms with Gasteiger partial charge in [-0.2, -0.15) is 0 Å². The first kappa shape index (κ1) is 14.0. The first-order valence-corrected chi connectivity index (χ1v) is 6.43. The molecule has 1 nitrogen and oxygen atoms in total. The Morgan fingerprint density at radius 3 is 2.37 bits per heavy atom.